The van der Waals surface area contributed by atoms with Gasteiger partial charge in [0.1, 0.15) is 0 Å². The minimum Gasteiger partial charge on any atom is -0.271 e. The molecule has 0 saturated heterocycles. The van der Waals surface area contributed by atoms with Crippen molar-refractivity contribution in [3.63, 3.8) is 0 Å². The van der Waals surface area contributed by atoms with Gasteiger partial charge in [0.25, 0.3) is 0 Å². The Morgan fingerprint density at radius 3 is 1.76 bits per heavy atom. The van der Waals surface area contributed by atoms with Crippen LogP contribution in [0.15, 0.2) is 12.7 Å². The van der Waals surface area contributed by atoms with E-state index in [-0.39, 0.29) is 6.42 Å². The van der Waals surface area contributed by atoms with Gasteiger partial charge in [0.05, 0.1) is 6.04 Å². The summed E-state index contributed by atoms with van der Waals surface area (Å²) in [5.74, 6) is -4.99. The fourth-order valence-corrected chi connectivity index (χ4v) is 1.36. The Hall–Kier alpha value is -1.47. The number of hydrazine groups is 1. The summed E-state index contributed by atoms with van der Waals surface area (Å²) >= 11 is 0. The van der Waals surface area contributed by atoms with Gasteiger partial charge in [0.15, 0.2) is 23.3 Å². The lowest BCUT2D eigenvalue weighted by atomic mass is 10.0. The molecular weight excluding hydrogens is 243 g/mol. The second-order valence-corrected chi connectivity index (χ2v) is 3.23. The van der Waals surface area contributed by atoms with Crippen LogP contribution < -0.4 is 11.3 Å². The van der Waals surface area contributed by atoms with E-state index in [0.29, 0.717) is 0 Å². The lowest BCUT2D eigenvalue weighted by molar-refractivity contribution is 0.356. The lowest BCUT2D eigenvalue weighted by Crippen LogP contribution is -2.30. The van der Waals surface area contributed by atoms with E-state index in [1.54, 1.807) is 0 Å². The first-order valence-corrected chi connectivity index (χ1v) is 4.54. The van der Waals surface area contributed by atoms with Crippen LogP contribution in [0.25, 0.3) is 0 Å². The molecule has 0 aromatic heterocycles. The highest BCUT2D eigenvalue weighted by Crippen LogP contribution is 2.28. The van der Waals surface area contributed by atoms with Crippen molar-refractivity contribution < 1.29 is 22.0 Å². The van der Waals surface area contributed by atoms with Gasteiger partial charge in [-0.15, -0.1) is 6.58 Å². The molecule has 1 rings (SSSR count). The minimum absolute atomic E-state index is 0.0884. The molecule has 94 valence electrons. The average Bonchev–Trinajstić information content (AvgIpc) is 2.33. The normalized spacial score (nSPS) is 12.6. The topological polar surface area (TPSA) is 38.0 Å². The van der Waals surface area contributed by atoms with Gasteiger partial charge in [-0.2, -0.15) is 0 Å². The van der Waals surface area contributed by atoms with E-state index in [1.165, 1.54) is 6.08 Å². The van der Waals surface area contributed by atoms with Crippen molar-refractivity contribution in [2.45, 2.75) is 12.5 Å². The third-order valence-corrected chi connectivity index (χ3v) is 2.20. The van der Waals surface area contributed by atoms with Crippen molar-refractivity contribution in [3.05, 3.63) is 47.3 Å². The highest BCUT2D eigenvalue weighted by molar-refractivity contribution is 5.27. The molecule has 0 bridgehead atoms. The molecule has 0 radical (unpaired) electrons. The number of rotatable bonds is 4. The fraction of sp³-hybridized carbons (Fsp3) is 0.200. The van der Waals surface area contributed by atoms with Crippen LogP contribution in [-0.2, 0) is 0 Å². The molecule has 17 heavy (non-hydrogen) atoms. The van der Waals surface area contributed by atoms with Gasteiger partial charge in [0.2, 0.25) is 5.82 Å². The summed E-state index contributed by atoms with van der Waals surface area (Å²) in [4.78, 5) is 0. The number of hydrogen-bond acceptors (Lipinski definition) is 2. The van der Waals surface area contributed by atoms with E-state index in [9.17, 15) is 22.0 Å². The molecule has 0 spiro atoms. The molecule has 0 saturated carbocycles. The molecule has 0 aliphatic carbocycles. The van der Waals surface area contributed by atoms with Crippen molar-refractivity contribution in [2.75, 3.05) is 0 Å². The van der Waals surface area contributed by atoms with E-state index in [0.717, 1.165) is 0 Å². The maximum absolute atomic E-state index is 13.3. The zero-order valence-electron chi connectivity index (χ0n) is 8.54. The molecule has 1 aromatic carbocycles. The van der Waals surface area contributed by atoms with Gasteiger partial charge in [-0.1, -0.05) is 6.08 Å². The van der Waals surface area contributed by atoms with Crippen LogP contribution in [0.3, 0.4) is 0 Å². The van der Waals surface area contributed by atoms with Crippen LogP contribution in [0, 0.1) is 29.1 Å². The molecule has 1 unspecified atom stereocenters. The van der Waals surface area contributed by atoms with Crippen LogP contribution >= 0.6 is 0 Å². The van der Waals surface area contributed by atoms with Crippen LogP contribution in [0.1, 0.15) is 18.0 Å². The van der Waals surface area contributed by atoms with Crippen LogP contribution in [0.2, 0.25) is 0 Å². The Balaban J connectivity index is 3.46. The molecule has 0 aliphatic heterocycles. The zero-order chi connectivity index (χ0) is 13.2. The highest BCUT2D eigenvalue weighted by Gasteiger charge is 2.29. The second kappa shape index (κ2) is 5.24. The lowest BCUT2D eigenvalue weighted by Gasteiger charge is -2.16. The molecule has 1 atom stereocenters. The van der Waals surface area contributed by atoms with Gasteiger partial charge in [-0.25, -0.2) is 22.0 Å². The number of halogens is 5. The smallest absolute Gasteiger partial charge is 0.200 e. The van der Waals surface area contributed by atoms with Crippen molar-refractivity contribution >= 4 is 0 Å². The van der Waals surface area contributed by atoms with E-state index in [2.05, 4.69) is 6.58 Å². The summed E-state index contributed by atoms with van der Waals surface area (Å²) in [6.07, 6.45) is 1.15. The van der Waals surface area contributed by atoms with E-state index >= 15 is 0 Å². The van der Waals surface area contributed by atoms with Crippen LogP contribution in [-0.4, -0.2) is 0 Å². The molecule has 0 aliphatic rings. The molecule has 2 nitrogen and oxygen atoms in total. The van der Waals surface area contributed by atoms with Gasteiger partial charge >= 0.3 is 0 Å². The van der Waals surface area contributed by atoms with E-state index in [4.69, 9.17) is 5.84 Å². The van der Waals surface area contributed by atoms with Crippen molar-refractivity contribution in [2.24, 2.45) is 5.84 Å². The predicted octanol–water partition coefficient (Wildman–Crippen LogP) is 2.46. The van der Waals surface area contributed by atoms with Crippen molar-refractivity contribution in [3.8, 4) is 0 Å². The Bertz CT molecular complexity index is 418. The van der Waals surface area contributed by atoms with Crippen LogP contribution in [0.5, 0.6) is 0 Å². The monoisotopic (exact) mass is 252 g/mol. The predicted molar refractivity (Wildman–Crippen MR) is 51.1 cm³/mol. The zero-order valence-corrected chi connectivity index (χ0v) is 8.54. The summed E-state index contributed by atoms with van der Waals surface area (Å²) in [7, 11) is 0. The molecule has 3 N–H and O–H groups in total. The highest BCUT2D eigenvalue weighted by atomic mass is 19.2. The Morgan fingerprint density at radius 1 is 1.00 bits per heavy atom. The van der Waals surface area contributed by atoms with E-state index < -0.39 is 40.7 Å². The van der Waals surface area contributed by atoms with Gasteiger partial charge < -0.3 is 0 Å². The standard InChI is InChI=1S/C10H9F5N2/c1-2-3-4(17-16)5-6(11)8(13)10(15)9(14)7(5)12/h2,4,17H,1,3,16H2. The maximum atomic E-state index is 13.3. The van der Waals surface area contributed by atoms with Gasteiger partial charge in [-0.3, -0.25) is 11.3 Å². The average molecular weight is 252 g/mol. The first kappa shape index (κ1) is 13.6. The van der Waals surface area contributed by atoms with Gasteiger partial charge in [-0.05, 0) is 6.42 Å². The third kappa shape index (κ3) is 2.29. The molecule has 0 fully saturated rings. The summed E-state index contributed by atoms with van der Waals surface area (Å²) in [6, 6.07) is -1.24. The number of nitrogens with one attached hydrogen (secondary N) is 1. The molecule has 1 aromatic rings. The van der Waals surface area contributed by atoms with Crippen LogP contribution in [0.4, 0.5) is 22.0 Å². The quantitative estimate of drug-likeness (QED) is 0.216. The Kier molecular flexibility index (Phi) is 4.19. The number of nitrogens with two attached hydrogens (primary N) is 1. The summed E-state index contributed by atoms with van der Waals surface area (Å²) < 4.78 is 65.1. The van der Waals surface area contributed by atoms with Crippen molar-refractivity contribution in [1.29, 1.82) is 0 Å². The van der Waals surface area contributed by atoms with Gasteiger partial charge in [0, 0.05) is 5.56 Å². The molecular formula is C10H9F5N2. The third-order valence-electron chi connectivity index (χ3n) is 2.20. The SMILES string of the molecule is C=CCC(NN)c1c(F)c(F)c(F)c(F)c1F. The fourth-order valence-electron chi connectivity index (χ4n) is 1.36. The van der Waals surface area contributed by atoms with E-state index in [1.807, 2.05) is 5.43 Å². The Labute approximate surface area is 93.9 Å². The summed E-state index contributed by atoms with van der Waals surface area (Å²) in [5.41, 5.74) is 0.971. The number of hydrogen-bond donors (Lipinski definition) is 2. The minimum atomic E-state index is -2.20. The largest absolute Gasteiger partial charge is 0.271 e. The molecule has 7 heteroatoms. The summed E-state index contributed by atoms with van der Waals surface area (Å²) in [5, 5.41) is 0. The molecule has 0 heterocycles. The Morgan fingerprint density at radius 2 is 1.41 bits per heavy atom. The first-order chi connectivity index (χ1) is 7.95. The maximum Gasteiger partial charge on any atom is 0.200 e. The molecule has 0 amide bonds. The second-order valence-electron chi connectivity index (χ2n) is 3.23. The summed E-state index contributed by atoms with van der Waals surface area (Å²) in [6.45, 7) is 3.29. The number of benzene rings is 1. The van der Waals surface area contributed by atoms with Crippen molar-refractivity contribution in [1.82, 2.24) is 5.43 Å². The first-order valence-electron chi connectivity index (χ1n) is 4.54.